The lowest BCUT2D eigenvalue weighted by atomic mass is 9.83. The maximum absolute atomic E-state index is 14.7. The molecule has 14 nitrogen and oxygen atoms in total. The summed E-state index contributed by atoms with van der Waals surface area (Å²) in [4.78, 5) is 76.7. The number of hydrazine groups is 1. The van der Waals surface area contributed by atoms with Crippen molar-refractivity contribution in [2.45, 2.75) is 105 Å². The molecule has 2 aromatic carbocycles. The number of cyclic esters (lactones) is 1. The molecule has 2 aromatic heterocycles. The molecule has 4 amide bonds. The van der Waals surface area contributed by atoms with E-state index in [0.717, 1.165) is 50.0 Å². The van der Waals surface area contributed by atoms with E-state index in [2.05, 4.69) is 73.6 Å². The van der Waals surface area contributed by atoms with Gasteiger partial charge in [0.2, 0.25) is 17.7 Å². The number of amides is 4. The molecular weight excluding hydrogens is 811 g/mol. The van der Waals surface area contributed by atoms with Crippen molar-refractivity contribution < 1.29 is 33.8 Å². The Hall–Kier alpha value is -6.02. The first-order valence-corrected chi connectivity index (χ1v) is 22.5. The number of hydrogen-bond acceptors (Lipinski definition) is 9. The van der Waals surface area contributed by atoms with Crippen LogP contribution in [-0.2, 0) is 48.1 Å². The van der Waals surface area contributed by atoms with Gasteiger partial charge in [-0.15, -0.1) is 0 Å². The summed E-state index contributed by atoms with van der Waals surface area (Å²) >= 11 is 0. The highest BCUT2D eigenvalue weighted by Crippen LogP contribution is 2.42. The number of nitrogens with zero attached hydrogens (tertiary/aromatic N) is 5. The second-order valence-electron chi connectivity index (χ2n) is 19.0. The molecular formula is C50H63N7O7. The van der Waals surface area contributed by atoms with Gasteiger partial charge in [-0.1, -0.05) is 46.4 Å². The zero-order valence-corrected chi connectivity index (χ0v) is 38.5. The number of pyridine rings is 1. The SMILES string of the molecule is C=CC(=O)N1CC[C@H](C(=O)N(C)C(C(=O)N[C@H]2Cc3cc(O)cc(c3)-c3ccc4c(c3)c(c(-c3c(C)cncc3C)n4CC)CC(C)(C)COC(=O)[C@@H]3CCCN(N3)C2=O)C(C)C)C1. The molecule has 0 saturated carbocycles. The Morgan fingerprint density at radius 3 is 2.48 bits per heavy atom. The van der Waals surface area contributed by atoms with Gasteiger partial charge in [0.15, 0.2) is 0 Å². The number of aryl methyl sites for hydroxylation is 3. The van der Waals surface area contributed by atoms with E-state index < -0.39 is 47.2 Å². The first kappa shape index (κ1) is 46.0. The fourth-order valence-corrected chi connectivity index (χ4v) is 9.96. The van der Waals surface area contributed by atoms with Crippen LogP contribution < -0.4 is 10.7 Å². The number of ether oxygens (including phenoxy) is 1. The minimum Gasteiger partial charge on any atom is -0.508 e. The average Bonchev–Trinajstić information content (AvgIpc) is 3.87. The third-order valence-corrected chi connectivity index (χ3v) is 13.1. The molecule has 3 aliphatic rings. The van der Waals surface area contributed by atoms with Gasteiger partial charge in [-0.05, 0) is 116 Å². The fourth-order valence-electron chi connectivity index (χ4n) is 9.96. The van der Waals surface area contributed by atoms with Gasteiger partial charge in [0.05, 0.1) is 18.2 Å². The molecule has 6 bridgehead atoms. The molecule has 4 atom stereocenters. The summed E-state index contributed by atoms with van der Waals surface area (Å²) in [7, 11) is 1.58. The maximum Gasteiger partial charge on any atom is 0.324 e. The third kappa shape index (κ3) is 9.29. The number of benzene rings is 2. The Labute approximate surface area is 376 Å². The third-order valence-electron chi connectivity index (χ3n) is 13.1. The van der Waals surface area contributed by atoms with Gasteiger partial charge in [0, 0.05) is 73.9 Å². The fraction of sp³-hybridized carbons (Fsp3) is 0.480. The van der Waals surface area contributed by atoms with E-state index in [1.807, 2.05) is 38.4 Å². The number of nitrogens with one attached hydrogen (secondary N) is 2. The second kappa shape index (κ2) is 18.6. The molecule has 340 valence electrons. The predicted octanol–water partition coefficient (Wildman–Crippen LogP) is 5.88. The van der Waals surface area contributed by atoms with Crippen LogP contribution in [0.4, 0.5) is 0 Å². The quantitative estimate of drug-likeness (QED) is 0.145. The topological polar surface area (TPSA) is 166 Å². The largest absolute Gasteiger partial charge is 0.508 e. The van der Waals surface area contributed by atoms with Gasteiger partial charge in [-0.25, -0.2) is 5.43 Å². The van der Waals surface area contributed by atoms with E-state index in [9.17, 15) is 29.1 Å². The van der Waals surface area contributed by atoms with Crippen molar-refractivity contribution in [1.82, 2.24) is 35.1 Å². The minimum atomic E-state index is -1.15. The Balaban J connectivity index is 1.30. The molecule has 3 N–H and O–H groups in total. The number of rotatable bonds is 8. The highest BCUT2D eigenvalue weighted by Gasteiger charge is 2.40. The van der Waals surface area contributed by atoms with Crippen LogP contribution in [0, 0.1) is 31.1 Å². The van der Waals surface area contributed by atoms with Gasteiger partial charge in [0.1, 0.15) is 23.9 Å². The van der Waals surface area contributed by atoms with Crippen LogP contribution in [0.5, 0.6) is 5.75 Å². The van der Waals surface area contributed by atoms with Crippen LogP contribution in [-0.4, -0.2) is 110 Å². The predicted molar refractivity (Wildman–Crippen MR) is 246 cm³/mol. The number of aromatic nitrogens is 2. The summed E-state index contributed by atoms with van der Waals surface area (Å²) in [6, 6.07) is 8.63. The second-order valence-corrected chi connectivity index (χ2v) is 19.0. The van der Waals surface area contributed by atoms with Gasteiger partial charge < -0.3 is 29.5 Å². The molecule has 0 spiro atoms. The normalized spacial score (nSPS) is 20.7. The number of carbonyl (C=O) groups is 5. The van der Waals surface area contributed by atoms with Crippen LogP contribution in [0.25, 0.3) is 33.3 Å². The van der Waals surface area contributed by atoms with Crippen LogP contribution in [0.3, 0.4) is 0 Å². The number of fused-ring (bicyclic) bond motifs is 6. The minimum absolute atomic E-state index is 0.000531. The van der Waals surface area contributed by atoms with Crippen molar-refractivity contribution in [2.24, 2.45) is 17.3 Å². The highest BCUT2D eigenvalue weighted by molar-refractivity contribution is 5.97. The molecule has 7 rings (SSSR count). The summed E-state index contributed by atoms with van der Waals surface area (Å²) in [6.07, 6.45) is 7.03. The maximum atomic E-state index is 14.7. The number of carbonyl (C=O) groups excluding carboxylic acids is 5. The molecule has 2 saturated heterocycles. The van der Waals surface area contributed by atoms with Crippen molar-refractivity contribution >= 4 is 40.5 Å². The Morgan fingerprint density at radius 1 is 1.06 bits per heavy atom. The number of esters is 1. The first-order chi connectivity index (χ1) is 30.4. The van der Waals surface area contributed by atoms with Crippen molar-refractivity contribution in [3.63, 3.8) is 0 Å². The molecule has 0 aliphatic carbocycles. The number of hydrogen-bond donors (Lipinski definition) is 3. The van der Waals surface area contributed by atoms with Crippen LogP contribution >= 0.6 is 0 Å². The lowest BCUT2D eigenvalue weighted by molar-refractivity contribution is -0.155. The Morgan fingerprint density at radius 2 is 1.80 bits per heavy atom. The Kier molecular flexibility index (Phi) is 13.4. The summed E-state index contributed by atoms with van der Waals surface area (Å²) in [6.45, 7) is 19.5. The summed E-state index contributed by atoms with van der Waals surface area (Å²) in [5.41, 5.74) is 11.3. The summed E-state index contributed by atoms with van der Waals surface area (Å²) < 4.78 is 8.43. The van der Waals surface area contributed by atoms with Crippen molar-refractivity contribution in [3.05, 3.63) is 83.7 Å². The first-order valence-electron chi connectivity index (χ1n) is 22.5. The Bertz CT molecular complexity index is 2470. The van der Waals surface area contributed by atoms with E-state index in [1.54, 1.807) is 24.1 Å². The van der Waals surface area contributed by atoms with Gasteiger partial charge in [-0.3, -0.25) is 34.0 Å². The number of likely N-dealkylation sites (N-methyl/N-ethyl adjacent to an activating group) is 1. The molecule has 4 aromatic rings. The summed E-state index contributed by atoms with van der Waals surface area (Å²) in [5.74, 6) is -2.80. The van der Waals surface area contributed by atoms with E-state index in [1.165, 1.54) is 16.0 Å². The zero-order valence-electron chi connectivity index (χ0n) is 38.5. The van der Waals surface area contributed by atoms with Crippen molar-refractivity contribution in [3.8, 4) is 28.1 Å². The molecule has 5 heterocycles. The lowest BCUT2D eigenvalue weighted by Crippen LogP contribution is -2.62. The molecule has 1 unspecified atom stereocenters. The number of likely N-dealkylation sites (tertiary alicyclic amines) is 1. The van der Waals surface area contributed by atoms with Crippen LogP contribution in [0.2, 0.25) is 0 Å². The van der Waals surface area contributed by atoms with E-state index in [-0.39, 0.29) is 49.6 Å². The zero-order chi connectivity index (χ0) is 46.2. The standard InChI is InChI=1S/C50H63N7O7/c1-10-42(59)55-18-16-34(27-55)47(61)54(9)44(29(3)4)46(60)52-40-21-32-19-35(22-36(58)20-32)33-14-15-41-37(23-33)38(45(56(41)11-2)43-30(5)25-51-26-31(43)6)24-50(7,8)28-64-49(63)39-13-12-17-57(53-39)48(40)62/h10,14-15,19-20,22-23,25-26,29,34,39-40,44,53,58H,1,11-13,16-18,21,24,27-28H2,2-9H3,(H,52,60)/t34-,39-,40-,44?/m0/s1. The highest BCUT2D eigenvalue weighted by atomic mass is 16.5. The molecule has 3 aliphatic heterocycles. The molecule has 64 heavy (non-hydrogen) atoms. The summed E-state index contributed by atoms with van der Waals surface area (Å²) in [5, 5.41) is 16.7. The number of phenolic OH excluding ortho intramolecular Hbond substituents is 1. The van der Waals surface area contributed by atoms with E-state index in [0.29, 0.717) is 44.3 Å². The lowest BCUT2D eigenvalue weighted by Gasteiger charge is -2.37. The smallest absolute Gasteiger partial charge is 0.324 e. The molecule has 2 fully saturated rings. The van der Waals surface area contributed by atoms with Crippen LogP contribution in [0.1, 0.15) is 76.1 Å². The number of phenols is 1. The average molecular weight is 874 g/mol. The number of aromatic hydroxyl groups is 1. The van der Waals surface area contributed by atoms with Crippen molar-refractivity contribution in [1.29, 1.82) is 0 Å². The van der Waals surface area contributed by atoms with Crippen LogP contribution in [0.15, 0.2) is 61.4 Å². The van der Waals surface area contributed by atoms with E-state index in [4.69, 9.17) is 4.74 Å². The van der Waals surface area contributed by atoms with E-state index >= 15 is 0 Å². The van der Waals surface area contributed by atoms with Gasteiger partial charge >= 0.3 is 5.97 Å². The molecule has 14 heteroatoms. The van der Waals surface area contributed by atoms with Crippen molar-refractivity contribution in [2.75, 3.05) is 33.3 Å². The molecule has 0 radical (unpaired) electrons. The van der Waals surface area contributed by atoms with Gasteiger partial charge in [0.25, 0.3) is 5.91 Å². The van der Waals surface area contributed by atoms with Gasteiger partial charge in [-0.2, -0.15) is 0 Å². The monoisotopic (exact) mass is 873 g/mol.